The number of rotatable bonds is 9. The predicted molar refractivity (Wildman–Crippen MR) is 216 cm³/mol. The number of ether oxygens (including phenoxy) is 8. The molecule has 9 rings (SSSR count). The van der Waals surface area contributed by atoms with Crippen molar-refractivity contribution < 1.29 is 89.0 Å². The summed E-state index contributed by atoms with van der Waals surface area (Å²) in [6, 6.07) is 0. The van der Waals surface area contributed by atoms with Crippen LogP contribution in [-0.4, -0.2) is 188 Å². The zero-order chi connectivity index (χ0) is 44.9. The van der Waals surface area contributed by atoms with Gasteiger partial charge in [-0.25, -0.2) is 0 Å². The molecule has 5 saturated heterocycles. The van der Waals surface area contributed by atoms with E-state index in [1.165, 1.54) is 12.8 Å². The van der Waals surface area contributed by atoms with E-state index in [1.54, 1.807) is 0 Å². The van der Waals surface area contributed by atoms with Crippen LogP contribution >= 0.6 is 0 Å². The molecule has 5 heterocycles. The van der Waals surface area contributed by atoms with E-state index in [-0.39, 0.29) is 23.0 Å². The summed E-state index contributed by atoms with van der Waals surface area (Å²) in [6.45, 7) is 8.20. The van der Waals surface area contributed by atoms with Crippen LogP contribution in [0.2, 0.25) is 0 Å². The Bertz CT molecular complexity index is 1570. The second-order valence-corrected chi connectivity index (χ2v) is 21.5. The van der Waals surface area contributed by atoms with Crippen molar-refractivity contribution in [2.75, 3.05) is 26.4 Å². The maximum atomic E-state index is 12.0. The van der Waals surface area contributed by atoms with Crippen molar-refractivity contribution in [1.82, 2.24) is 0 Å². The van der Waals surface area contributed by atoms with E-state index in [0.717, 1.165) is 51.6 Å². The van der Waals surface area contributed by atoms with Crippen LogP contribution < -0.4 is 0 Å². The van der Waals surface area contributed by atoms with Crippen LogP contribution in [0, 0.1) is 52.3 Å². The Morgan fingerprint density at radius 1 is 0.556 bits per heavy atom. The third kappa shape index (κ3) is 7.88. The molecule has 4 saturated carbocycles. The largest absolute Gasteiger partial charge is 0.394 e. The molecule has 63 heavy (non-hydrogen) atoms. The first kappa shape index (κ1) is 47.4. The molecule has 27 atom stereocenters. The van der Waals surface area contributed by atoms with Crippen LogP contribution in [0.4, 0.5) is 0 Å². The third-order valence-corrected chi connectivity index (χ3v) is 18.3. The summed E-state index contributed by atoms with van der Waals surface area (Å²) in [5.74, 6) is 3.12. The van der Waals surface area contributed by atoms with E-state index in [9.17, 15) is 51.1 Å². The molecule has 0 aromatic heterocycles. The Morgan fingerprint density at radius 2 is 1.14 bits per heavy atom. The summed E-state index contributed by atoms with van der Waals surface area (Å²) in [5.41, 5.74) is 0.303. The van der Waals surface area contributed by atoms with E-state index in [2.05, 4.69) is 27.7 Å². The number of fused-ring (bicyclic) bond motifs is 7. The standard InChI is InChI=1S/C45H74O18/c1-19-7-12-45(56-18-19)20(2)30-26(63-45)14-25-23-6-5-21-13-22(8-10-43(21,3)24(23)9-11-44(25,30)4)57-42-37(55)39(62-41-36(54)34(52)32(50)28(16-47)59-41)38(29(17-48)60-42)61-40-35(53)33(51)31(49)27(15-46)58-40/h19-42,46-55H,5-18H2,1-4H3/t19-,20-,21+,22-,23+,24-,25-,26-,27-,28+,29+,30-,31-,32+,33+,34-,35-,36+,37+,38+,39+,40+,41-,42+,43-,44-,45+/m0/s1. The topological polar surface area (TPSA) is 276 Å². The normalized spacial score (nSPS) is 58.2. The molecule has 0 bridgehead atoms. The molecule has 0 unspecified atom stereocenters. The first-order valence-corrected chi connectivity index (χ1v) is 23.8. The van der Waals surface area contributed by atoms with Crippen molar-refractivity contribution in [2.45, 2.75) is 202 Å². The zero-order valence-electron chi connectivity index (χ0n) is 37.0. The molecule has 0 amide bonds. The van der Waals surface area contributed by atoms with E-state index in [1.807, 2.05) is 0 Å². The molecule has 18 nitrogen and oxygen atoms in total. The molecule has 1 spiro atoms. The summed E-state index contributed by atoms with van der Waals surface area (Å²) in [7, 11) is 0. The number of aliphatic hydroxyl groups excluding tert-OH is 10. The highest BCUT2D eigenvalue weighted by Crippen LogP contribution is 2.71. The van der Waals surface area contributed by atoms with Gasteiger partial charge in [0.1, 0.15) is 73.2 Å². The summed E-state index contributed by atoms with van der Waals surface area (Å²) in [5, 5.41) is 106. The Kier molecular flexibility index (Phi) is 13.5. The maximum absolute atomic E-state index is 12.0. The Balaban J connectivity index is 0.894. The van der Waals surface area contributed by atoms with E-state index < -0.39 is 118 Å². The molecule has 4 aliphatic carbocycles. The highest BCUT2D eigenvalue weighted by molar-refractivity contribution is 5.15. The lowest BCUT2D eigenvalue weighted by molar-refractivity contribution is -0.390. The minimum absolute atomic E-state index is 0.0941. The van der Waals surface area contributed by atoms with E-state index in [4.69, 9.17) is 37.9 Å². The summed E-state index contributed by atoms with van der Waals surface area (Å²) < 4.78 is 49.7. The maximum Gasteiger partial charge on any atom is 0.187 e. The lowest BCUT2D eigenvalue weighted by Crippen LogP contribution is -2.67. The zero-order valence-corrected chi connectivity index (χ0v) is 37.0. The average Bonchev–Trinajstić information content (AvgIpc) is 3.72. The molecule has 362 valence electrons. The molecule has 0 radical (unpaired) electrons. The average molecular weight is 903 g/mol. The summed E-state index contributed by atoms with van der Waals surface area (Å²) >= 11 is 0. The van der Waals surface area contributed by atoms with Gasteiger partial charge in [-0.1, -0.05) is 27.7 Å². The Morgan fingerprint density at radius 3 is 1.75 bits per heavy atom. The van der Waals surface area contributed by atoms with Crippen LogP contribution in [-0.2, 0) is 37.9 Å². The van der Waals surface area contributed by atoms with Gasteiger partial charge in [0.2, 0.25) is 0 Å². The van der Waals surface area contributed by atoms with Gasteiger partial charge in [-0.2, -0.15) is 0 Å². The molecule has 0 aromatic carbocycles. The molecule has 18 heteroatoms. The molecule has 9 aliphatic rings. The Hall–Kier alpha value is -0.720. The predicted octanol–water partition coefficient (Wildman–Crippen LogP) is -0.734. The van der Waals surface area contributed by atoms with Crippen LogP contribution in [0.25, 0.3) is 0 Å². The minimum atomic E-state index is -1.87. The van der Waals surface area contributed by atoms with Gasteiger partial charge in [0, 0.05) is 12.3 Å². The highest BCUT2D eigenvalue weighted by Gasteiger charge is 2.69. The van der Waals surface area contributed by atoms with E-state index >= 15 is 0 Å². The fraction of sp³-hybridized carbons (Fsp3) is 1.00. The van der Waals surface area contributed by atoms with Gasteiger partial charge in [0.25, 0.3) is 0 Å². The van der Waals surface area contributed by atoms with Gasteiger partial charge >= 0.3 is 0 Å². The van der Waals surface area contributed by atoms with Crippen molar-refractivity contribution in [2.24, 2.45) is 52.3 Å². The van der Waals surface area contributed by atoms with Gasteiger partial charge in [0.15, 0.2) is 24.7 Å². The highest BCUT2D eigenvalue weighted by atomic mass is 16.8. The fourth-order valence-electron chi connectivity index (χ4n) is 14.7. The van der Waals surface area contributed by atoms with Crippen LogP contribution in [0.5, 0.6) is 0 Å². The first-order chi connectivity index (χ1) is 30.0. The number of aliphatic hydroxyl groups is 10. The molecule has 10 N–H and O–H groups in total. The number of hydrogen-bond acceptors (Lipinski definition) is 18. The molecule has 0 aromatic rings. The minimum Gasteiger partial charge on any atom is -0.394 e. The van der Waals surface area contributed by atoms with Gasteiger partial charge in [-0.3, -0.25) is 0 Å². The van der Waals surface area contributed by atoms with Crippen molar-refractivity contribution >= 4 is 0 Å². The van der Waals surface area contributed by atoms with Crippen molar-refractivity contribution in [3.05, 3.63) is 0 Å². The Labute approximate surface area is 369 Å². The monoisotopic (exact) mass is 902 g/mol. The van der Waals surface area contributed by atoms with Crippen LogP contribution in [0.3, 0.4) is 0 Å². The molecule has 9 fully saturated rings. The van der Waals surface area contributed by atoms with Crippen LogP contribution in [0.1, 0.15) is 91.9 Å². The fourth-order valence-corrected chi connectivity index (χ4v) is 14.7. The van der Waals surface area contributed by atoms with Gasteiger partial charge in [-0.05, 0) is 104 Å². The van der Waals surface area contributed by atoms with Gasteiger partial charge in [0.05, 0.1) is 38.6 Å². The first-order valence-electron chi connectivity index (χ1n) is 23.8. The van der Waals surface area contributed by atoms with Crippen molar-refractivity contribution in [1.29, 1.82) is 0 Å². The van der Waals surface area contributed by atoms with Gasteiger partial charge in [-0.15, -0.1) is 0 Å². The quantitative estimate of drug-likeness (QED) is 0.128. The van der Waals surface area contributed by atoms with Crippen molar-refractivity contribution in [3.8, 4) is 0 Å². The summed E-state index contributed by atoms with van der Waals surface area (Å²) in [6.07, 6.45) is -14.5. The van der Waals surface area contributed by atoms with Crippen molar-refractivity contribution in [3.63, 3.8) is 0 Å². The van der Waals surface area contributed by atoms with Gasteiger partial charge < -0.3 is 89.0 Å². The lowest BCUT2D eigenvalue weighted by atomic mass is 9.44. The smallest absolute Gasteiger partial charge is 0.187 e. The second-order valence-electron chi connectivity index (χ2n) is 21.5. The lowest BCUT2D eigenvalue weighted by Gasteiger charge is -2.61. The van der Waals surface area contributed by atoms with E-state index in [0.29, 0.717) is 47.8 Å². The molecular formula is C45H74O18. The molecule has 5 aliphatic heterocycles. The third-order valence-electron chi connectivity index (χ3n) is 18.3. The summed E-state index contributed by atoms with van der Waals surface area (Å²) in [4.78, 5) is 0. The van der Waals surface area contributed by atoms with Crippen LogP contribution in [0.15, 0.2) is 0 Å². The SMILES string of the molecule is C[C@H]1CC[C@@]2(OC1)O[C@H]1C[C@H]3[C@@H]4CC[C@@H]5C[C@@H](O[C@@H]6O[C@H](CO)[C@@H](O[C@H]7O[C@@H](CO)[C@H](O)[C@@H](O)[C@@H]7O)[C@H](O[C@@H]7O[C@H](CO)[C@@H](O)[C@H](O)[C@H]7O)[C@H]6O)CC[C@]5(C)[C@H]4CC[C@]3(C)[C@H]1[C@@H]2C. The number of hydrogen-bond donors (Lipinski definition) is 10. The molecular weight excluding hydrogens is 828 g/mol. The second kappa shape index (κ2) is 18.0.